The molecule has 128 valence electrons. The van der Waals surface area contributed by atoms with Gasteiger partial charge in [0, 0.05) is 29.1 Å². The molecule has 3 aromatic rings. The van der Waals surface area contributed by atoms with E-state index in [0.29, 0.717) is 17.4 Å². The Bertz CT molecular complexity index is 916. The molecule has 1 aliphatic carbocycles. The van der Waals surface area contributed by atoms with Crippen LogP contribution in [0.4, 0.5) is 4.39 Å². The van der Waals surface area contributed by atoms with Gasteiger partial charge in [-0.1, -0.05) is 36.4 Å². The van der Waals surface area contributed by atoms with Crippen LogP contribution in [-0.4, -0.2) is 22.5 Å². The second-order valence-electron chi connectivity index (χ2n) is 6.72. The maximum absolute atomic E-state index is 14.0. The lowest BCUT2D eigenvalue weighted by Gasteiger charge is -2.23. The van der Waals surface area contributed by atoms with Gasteiger partial charge in [-0.2, -0.15) is 0 Å². The van der Waals surface area contributed by atoms with Gasteiger partial charge in [0.2, 0.25) is 0 Å². The Hall–Kier alpha value is -2.66. The molecule has 1 amide bonds. The molecule has 1 aliphatic rings. The SMILES string of the molecule is O=C(NCC1(C(O)c2ccccc2)CC1)c1c[nH]c2cccc(F)c12. The number of benzene rings is 2. The molecular formula is C20H19FN2O2. The second kappa shape index (κ2) is 6.01. The molecule has 1 atom stereocenters. The third-order valence-electron chi connectivity index (χ3n) is 5.09. The lowest BCUT2D eigenvalue weighted by Crippen LogP contribution is -2.33. The van der Waals surface area contributed by atoms with Gasteiger partial charge in [-0.3, -0.25) is 4.79 Å². The summed E-state index contributed by atoms with van der Waals surface area (Å²) in [6.07, 6.45) is 2.61. The zero-order valence-electron chi connectivity index (χ0n) is 13.6. The van der Waals surface area contributed by atoms with Crippen molar-refractivity contribution in [1.29, 1.82) is 0 Å². The molecule has 0 radical (unpaired) electrons. The standard InChI is InChI=1S/C20H19FN2O2/c21-15-7-4-8-16-17(15)14(11-22-16)19(25)23-12-20(9-10-20)18(24)13-5-2-1-3-6-13/h1-8,11,18,22,24H,9-10,12H2,(H,23,25). The average molecular weight is 338 g/mol. The van der Waals surface area contributed by atoms with Crippen molar-refractivity contribution in [1.82, 2.24) is 10.3 Å². The molecule has 1 fully saturated rings. The molecule has 1 heterocycles. The fourth-order valence-electron chi connectivity index (χ4n) is 3.37. The fourth-order valence-corrected chi connectivity index (χ4v) is 3.37. The molecule has 1 aromatic heterocycles. The highest BCUT2D eigenvalue weighted by atomic mass is 19.1. The van der Waals surface area contributed by atoms with E-state index in [1.807, 2.05) is 30.3 Å². The van der Waals surface area contributed by atoms with Crippen molar-refractivity contribution in [2.45, 2.75) is 18.9 Å². The van der Waals surface area contributed by atoms with Crippen LogP contribution in [0.2, 0.25) is 0 Å². The summed E-state index contributed by atoms with van der Waals surface area (Å²) in [5, 5.41) is 13.8. The van der Waals surface area contributed by atoms with Crippen molar-refractivity contribution >= 4 is 16.8 Å². The van der Waals surface area contributed by atoms with E-state index < -0.39 is 11.9 Å². The number of aromatic amines is 1. The number of carbonyl (C=O) groups is 1. The van der Waals surface area contributed by atoms with E-state index >= 15 is 0 Å². The smallest absolute Gasteiger partial charge is 0.253 e. The van der Waals surface area contributed by atoms with Crippen molar-refractivity contribution in [3.63, 3.8) is 0 Å². The third-order valence-corrected chi connectivity index (χ3v) is 5.09. The van der Waals surface area contributed by atoms with Gasteiger partial charge in [-0.25, -0.2) is 4.39 Å². The van der Waals surface area contributed by atoms with Crippen LogP contribution in [0.1, 0.15) is 34.9 Å². The van der Waals surface area contributed by atoms with Gasteiger partial charge < -0.3 is 15.4 Å². The van der Waals surface area contributed by atoms with Crippen LogP contribution in [-0.2, 0) is 0 Å². The zero-order chi connectivity index (χ0) is 17.4. The summed E-state index contributed by atoms with van der Waals surface area (Å²) in [6, 6.07) is 14.1. The van der Waals surface area contributed by atoms with Gasteiger partial charge in [-0.05, 0) is 30.5 Å². The van der Waals surface area contributed by atoms with Crippen LogP contribution in [0.15, 0.2) is 54.7 Å². The van der Waals surface area contributed by atoms with Crippen LogP contribution in [0, 0.1) is 11.2 Å². The minimum absolute atomic E-state index is 0.290. The Balaban J connectivity index is 1.50. The highest BCUT2D eigenvalue weighted by molar-refractivity contribution is 6.06. The van der Waals surface area contributed by atoms with Crippen molar-refractivity contribution in [2.75, 3.05) is 6.54 Å². The average Bonchev–Trinajstić information content (AvgIpc) is 3.31. The van der Waals surface area contributed by atoms with Crippen LogP contribution in [0.5, 0.6) is 0 Å². The monoisotopic (exact) mass is 338 g/mol. The van der Waals surface area contributed by atoms with E-state index in [1.165, 1.54) is 12.3 Å². The van der Waals surface area contributed by atoms with E-state index in [2.05, 4.69) is 10.3 Å². The Kier molecular flexibility index (Phi) is 3.81. The van der Waals surface area contributed by atoms with Crippen LogP contribution in [0.25, 0.3) is 10.9 Å². The van der Waals surface area contributed by atoms with Crippen LogP contribution in [0.3, 0.4) is 0 Å². The highest BCUT2D eigenvalue weighted by Crippen LogP contribution is 2.54. The number of fused-ring (bicyclic) bond motifs is 1. The first-order valence-electron chi connectivity index (χ1n) is 8.37. The fraction of sp³-hybridized carbons (Fsp3) is 0.250. The third kappa shape index (κ3) is 2.81. The van der Waals surface area contributed by atoms with Gasteiger partial charge in [-0.15, -0.1) is 0 Å². The summed E-state index contributed by atoms with van der Waals surface area (Å²) >= 11 is 0. The molecule has 0 aliphatic heterocycles. The molecule has 2 aromatic carbocycles. The molecule has 4 rings (SSSR count). The maximum Gasteiger partial charge on any atom is 0.253 e. The molecule has 1 unspecified atom stereocenters. The zero-order valence-corrected chi connectivity index (χ0v) is 13.6. The summed E-state index contributed by atoms with van der Waals surface area (Å²) in [4.78, 5) is 15.4. The molecular weight excluding hydrogens is 319 g/mol. The van der Waals surface area contributed by atoms with E-state index in [0.717, 1.165) is 18.4 Å². The van der Waals surface area contributed by atoms with Crippen molar-refractivity contribution < 1.29 is 14.3 Å². The number of amides is 1. The van der Waals surface area contributed by atoms with E-state index in [9.17, 15) is 14.3 Å². The number of aliphatic hydroxyl groups excluding tert-OH is 1. The van der Waals surface area contributed by atoms with Gasteiger partial charge in [0.15, 0.2) is 0 Å². The summed E-state index contributed by atoms with van der Waals surface area (Å²) in [6.45, 7) is 0.364. The van der Waals surface area contributed by atoms with E-state index in [1.54, 1.807) is 12.1 Å². The molecule has 1 saturated carbocycles. The van der Waals surface area contributed by atoms with Gasteiger partial charge >= 0.3 is 0 Å². The molecule has 0 saturated heterocycles. The first-order chi connectivity index (χ1) is 12.1. The largest absolute Gasteiger partial charge is 0.388 e. The summed E-state index contributed by atoms with van der Waals surface area (Å²) in [7, 11) is 0. The number of carbonyl (C=O) groups excluding carboxylic acids is 1. The molecule has 25 heavy (non-hydrogen) atoms. The van der Waals surface area contributed by atoms with Gasteiger partial charge in [0.05, 0.1) is 11.7 Å². The predicted molar refractivity (Wildman–Crippen MR) is 93.7 cm³/mol. The summed E-state index contributed by atoms with van der Waals surface area (Å²) < 4.78 is 14.0. The first-order valence-corrected chi connectivity index (χ1v) is 8.37. The van der Waals surface area contributed by atoms with Gasteiger partial charge in [0.1, 0.15) is 5.82 Å². The number of nitrogens with one attached hydrogen (secondary N) is 2. The molecule has 4 nitrogen and oxygen atoms in total. The summed E-state index contributed by atoms with van der Waals surface area (Å²) in [5.41, 5.74) is 1.41. The van der Waals surface area contributed by atoms with Crippen LogP contribution >= 0.6 is 0 Å². The normalized spacial score (nSPS) is 16.6. The van der Waals surface area contributed by atoms with Crippen molar-refractivity contribution in [2.24, 2.45) is 5.41 Å². The van der Waals surface area contributed by atoms with Gasteiger partial charge in [0.25, 0.3) is 5.91 Å². The number of hydrogen-bond acceptors (Lipinski definition) is 2. The Morgan fingerprint density at radius 2 is 1.96 bits per heavy atom. The minimum atomic E-state index is -0.617. The minimum Gasteiger partial charge on any atom is -0.388 e. The first kappa shape index (κ1) is 15.8. The Morgan fingerprint density at radius 1 is 1.20 bits per heavy atom. The second-order valence-corrected chi connectivity index (χ2v) is 6.72. The van der Waals surface area contributed by atoms with Crippen molar-refractivity contribution in [3.8, 4) is 0 Å². The van der Waals surface area contributed by atoms with E-state index in [-0.39, 0.29) is 16.9 Å². The number of rotatable bonds is 5. The van der Waals surface area contributed by atoms with Crippen molar-refractivity contribution in [3.05, 3.63) is 71.7 Å². The molecule has 0 spiro atoms. The van der Waals surface area contributed by atoms with Crippen LogP contribution < -0.4 is 5.32 Å². The number of aliphatic hydroxyl groups is 1. The highest BCUT2D eigenvalue weighted by Gasteiger charge is 2.49. The topological polar surface area (TPSA) is 65.1 Å². The molecule has 0 bridgehead atoms. The number of halogens is 1. The predicted octanol–water partition coefficient (Wildman–Crippen LogP) is 3.55. The number of hydrogen-bond donors (Lipinski definition) is 3. The molecule has 3 N–H and O–H groups in total. The lowest BCUT2D eigenvalue weighted by atomic mass is 9.92. The quantitative estimate of drug-likeness (QED) is 0.666. The Labute approximate surface area is 144 Å². The lowest BCUT2D eigenvalue weighted by molar-refractivity contribution is 0.0809. The summed E-state index contributed by atoms with van der Waals surface area (Å²) in [5.74, 6) is -0.753. The number of aromatic nitrogens is 1. The maximum atomic E-state index is 14.0. The Morgan fingerprint density at radius 3 is 2.68 bits per heavy atom. The number of H-pyrrole nitrogens is 1. The molecule has 5 heteroatoms. The van der Waals surface area contributed by atoms with E-state index in [4.69, 9.17) is 0 Å².